The van der Waals surface area contributed by atoms with E-state index in [1.165, 1.54) is 14.0 Å². The highest BCUT2D eigenvalue weighted by atomic mass is 35.5. The Morgan fingerprint density at radius 3 is 2.65 bits per heavy atom. The van der Waals surface area contributed by atoms with Gasteiger partial charge < -0.3 is 4.57 Å². The quantitative estimate of drug-likeness (QED) is 0.282. The first-order valence-electron chi connectivity index (χ1n) is 19.1. The van der Waals surface area contributed by atoms with Crippen LogP contribution < -0.4 is 0 Å². The van der Waals surface area contributed by atoms with Crippen molar-refractivity contribution < 1.29 is 24.7 Å². The van der Waals surface area contributed by atoms with Crippen LogP contribution in [0.1, 0.15) is 87.3 Å². The lowest BCUT2D eigenvalue weighted by Gasteiger charge is -2.23. The van der Waals surface area contributed by atoms with Gasteiger partial charge in [0.05, 0.1) is 29.7 Å². The molecular weight excluding hydrogens is 444 g/mol. The molecule has 0 N–H and O–H groups in total. The van der Waals surface area contributed by atoms with Crippen LogP contribution in [0, 0.1) is 12.8 Å². The molecule has 0 aliphatic carbocycles. The number of imidazole rings is 1. The number of tetrazole rings is 1. The number of halogens is 1. The van der Waals surface area contributed by atoms with Crippen molar-refractivity contribution in [3.05, 3.63) is 70.1 Å². The molecule has 2 aromatic carbocycles. The molecule has 0 bridgehead atoms. The maximum absolute atomic E-state index is 9.64. The van der Waals surface area contributed by atoms with E-state index < -0.39 is 114 Å². The summed E-state index contributed by atoms with van der Waals surface area (Å²) in [6.07, 6.45) is -9.56. The maximum atomic E-state index is 9.64. The van der Waals surface area contributed by atoms with E-state index in [2.05, 4.69) is 20.4 Å². The van der Waals surface area contributed by atoms with E-state index in [0.717, 1.165) is 18.6 Å². The molecule has 7 heteroatoms. The lowest BCUT2D eigenvalue weighted by Crippen LogP contribution is -2.16. The summed E-state index contributed by atoms with van der Waals surface area (Å²) in [6, 6.07) is -7.69. The fourth-order valence-corrected chi connectivity index (χ4v) is 3.63. The van der Waals surface area contributed by atoms with Gasteiger partial charge in [0.2, 0.25) is 5.82 Å². The van der Waals surface area contributed by atoms with Crippen LogP contribution >= 0.6 is 11.6 Å². The Balaban J connectivity index is 2.17. The largest absolute Gasteiger partial charge is 0.323 e. The minimum Gasteiger partial charge on any atom is -0.323 e. The van der Waals surface area contributed by atoms with Gasteiger partial charge in [-0.2, -0.15) is 4.80 Å². The molecule has 34 heavy (non-hydrogen) atoms. The molecule has 4 aromatic rings. The van der Waals surface area contributed by atoms with Crippen molar-refractivity contribution in [2.45, 2.75) is 59.7 Å². The van der Waals surface area contributed by atoms with E-state index in [1.54, 1.807) is 0 Å². The highest BCUT2D eigenvalue weighted by Crippen LogP contribution is 2.34. The molecule has 2 atom stereocenters. The molecule has 0 saturated heterocycles. The topological polar surface area (TPSA) is 61.4 Å². The summed E-state index contributed by atoms with van der Waals surface area (Å²) < 4.78 is 155. The molecule has 0 saturated carbocycles. The van der Waals surface area contributed by atoms with Crippen molar-refractivity contribution in [2.24, 2.45) is 12.9 Å². The van der Waals surface area contributed by atoms with Crippen molar-refractivity contribution in [3.8, 4) is 22.5 Å². The average Bonchev–Trinajstić information content (AvgIpc) is 3.60. The van der Waals surface area contributed by atoms with Crippen LogP contribution in [0.3, 0.4) is 0 Å². The molecule has 0 amide bonds. The van der Waals surface area contributed by atoms with Crippen molar-refractivity contribution in [3.63, 3.8) is 0 Å². The summed E-state index contributed by atoms with van der Waals surface area (Å²) in [6.45, 7) is 0.378. The molecule has 0 spiro atoms. The van der Waals surface area contributed by atoms with Crippen molar-refractivity contribution >= 4 is 11.6 Å². The second kappa shape index (κ2) is 10.1. The predicted molar refractivity (Wildman–Crippen MR) is 138 cm³/mol. The van der Waals surface area contributed by atoms with E-state index in [9.17, 15) is 2.74 Å². The van der Waals surface area contributed by atoms with Gasteiger partial charge in [-0.05, 0) is 53.6 Å². The number of benzene rings is 2. The first kappa shape index (κ1) is 10.3. The van der Waals surface area contributed by atoms with Gasteiger partial charge >= 0.3 is 0 Å². The highest BCUT2D eigenvalue weighted by Gasteiger charge is 2.22. The van der Waals surface area contributed by atoms with E-state index in [4.69, 9.17) is 33.5 Å². The zero-order chi connectivity index (χ0) is 40.2. The summed E-state index contributed by atoms with van der Waals surface area (Å²) in [7, 11) is 1.40. The van der Waals surface area contributed by atoms with Crippen LogP contribution in [0.5, 0.6) is 0 Å². The standard InChI is InChI=1S/C27H33ClN6/c1-7-17(3)15-25-29-26(28)24(8-2)34(25)19(5)21-14-13-20(16-18(21)4)22-11-9-10-12-23(22)27-30-32-33(6)31-27/h9-14,16-17,19H,7-8,15H2,1-6H3/i1D3,7D2,8D2,9D,10D,11D,12D,13D,14D,15D2,16D,17D,19D. The number of aromatic nitrogens is 6. The second-order valence-corrected chi connectivity index (χ2v) is 7.58. The molecule has 0 fully saturated rings. The summed E-state index contributed by atoms with van der Waals surface area (Å²) >= 11 is 6.37. The Kier molecular flexibility index (Phi) is 3.07. The lowest BCUT2D eigenvalue weighted by atomic mass is 9.93. The molecule has 6 nitrogen and oxygen atoms in total. The molecule has 2 aromatic heterocycles. The van der Waals surface area contributed by atoms with Gasteiger partial charge in [-0.15, -0.1) is 10.2 Å². The second-order valence-electron chi connectivity index (χ2n) is 7.22. The Labute approximate surface area is 232 Å². The molecular formula is C27H33ClN6. The fraction of sp³-hybridized carbons (Fsp3) is 0.407. The number of nitrogens with zero attached hydrogens (tertiary/aromatic N) is 6. The predicted octanol–water partition coefficient (Wildman–Crippen LogP) is 6.46. The number of rotatable bonds is 8. The van der Waals surface area contributed by atoms with Crippen LogP contribution in [-0.2, 0) is 19.8 Å². The summed E-state index contributed by atoms with van der Waals surface area (Å²) in [4.78, 5) is 4.94. The van der Waals surface area contributed by atoms with E-state index in [-0.39, 0.29) is 17.0 Å². The Morgan fingerprint density at radius 2 is 1.97 bits per heavy atom. The molecule has 0 aliphatic heterocycles. The monoisotopic (exact) mass is 494 g/mol. The van der Waals surface area contributed by atoms with E-state index in [0.29, 0.717) is 11.5 Å². The molecule has 2 heterocycles. The third kappa shape index (κ3) is 4.64. The zero-order valence-electron chi connectivity index (χ0n) is 37.1. The fourth-order valence-electron chi connectivity index (χ4n) is 3.37. The van der Waals surface area contributed by atoms with E-state index >= 15 is 0 Å². The van der Waals surface area contributed by atoms with Crippen molar-refractivity contribution in [2.75, 3.05) is 0 Å². The minimum atomic E-state index is -3.57. The van der Waals surface area contributed by atoms with Crippen LogP contribution in [-0.4, -0.2) is 29.8 Å². The van der Waals surface area contributed by atoms with Crippen molar-refractivity contribution in [1.29, 1.82) is 0 Å². The number of aryl methyl sites for hydroxylation is 1. The van der Waals surface area contributed by atoms with Gasteiger partial charge in [0.25, 0.3) is 0 Å². The van der Waals surface area contributed by atoms with Gasteiger partial charge in [0.15, 0.2) is 5.15 Å². The summed E-state index contributed by atoms with van der Waals surface area (Å²) in [5.41, 5.74) is -2.69. The van der Waals surface area contributed by atoms with Gasteiger partial charge in [-0.1, -0.05) is 81.0 Å². The van der Waals surface area contributed by atoms with E-state index in [1.807, 2.05) is 0 Å². The molecule has 178 valence electrons. The van der Waals surface area contributed by atoms with Crippen LogP contribution in [0.4, 0.5) is 0 Å². The number of hydrogen-bond donors (Lipinski definition) is 0. The summed E-state index contributed by atoms with van der Waals surface area (Å²) in [5.74, 6) is -4.54. The Hall–Kier alpha value is -2.99. The van der Waals surface area contributed by atoms with Gasteiger partial charge in [-0.3, -0.25) is 0 Å². The number of hydrogen-bond acceptors (Lipinski definition) is 4. The van der Waals surface area contributed by atoms with Gasteiger partial charge in [0, 0.05) is 25.6 Å². The maximum Gasteiger partial charge on any atom is 0.205 e. The molecule has 4 rings (SSSR count). The Bertz CT molecular complexity index is 2070. The van der Waals surface area contributed by atoms with Crippen LogP contribution in [0.25, 0.3) is 22.5 Å². The third-order valence-electron chi connectivity index (χ3n) is 4.93. The summed E-state index contributed by atoms with van der Waals surface area (Å²) in [5, 5.41) is 10.9. The zero-order valence-corrected chi connectivity index (χ0v) is 19.8. The smallest absolute Gasteiger partial charge is 0.205 e. The normalized spacial score (nSPS) is 24.4. The highest BCUT2D eigenvalue weighted by molar-refractivity contribution is 6.30. The van der Waals surface area contributed by atoms with Gasteiger partial charge in [-0.25, -0.2) is 4.98 Å². The SMILES string of the molecule is [2H]c1c([2H])c([2H])c(-c2c([2H])c([2H])c(C([2H])(C)n3c(C([2H])([2H])C([2H])(C)C([2H])([2H])C([2H])([2H])[2H])nc(Cl)c3C([2H])([2H])C)c(C)c2[2H])c(-c2nnn(C)n2)c1[2H]. The molecule has 0 aliphatic rings. The van der Waals surface area contributed by atoms with Crippen molar-refractivity contribution in [1.82, 2.24) is 29.8 Å². The lowest BCUT2D eigenvalue weighted by molar-refractivity contribution is 0.500. The van der Waals surface area contributed by atoms with Gasteiger partial charge in [0.1, 0.15) is 5.82 Å². The first-order chi connectivity index (χ1) is 23.3. The van der Waals surface area contributed by atoms with Crippen LogP contribution in [0.15, 0.2) is 42.3 Å². The Morgan fingerprint density at radius 1 is 1.21 bits per heavy atom. The third-order valence-corrected chi connectivity index (χ3v) is 5.19. The minimum absolute atomic E-state index is 0.260. The molecule has 2 unspecified atom stereocenters. The molecule has 0 radical (unpaired) electrons. The van der Waals surface area contributed by atoms with Crippen LogP contribution in [0.2, 0.25) is 5.15 Å². The average molecular weight is 495 g/mol. The first-order valence-corrected chi connectivity index (χ1v) is 10.4.